The molecule has 2 rings (SSSR count). The van der Waals surface area contributed by atoms with E-state index in [2.05, 4.69) is 4.90 Å². The van der Waals surface area contributed by atoms with Crippen molar-refractivity contribution in [1.82, 2.24) is 4.90 Å². The number of carboxylic acids is 1. The van der Waals surface area contributed by atoms with Gasteiger partial charge in [0.05, 0.1) is 12.7 Å². The maximum absolute atomic E-state index is 10.9. The van der Waals surface area contributed by atoms with Gasteiger partial charge in [0.1, 0.15) is 5.76 Å². The Kier molecular flexibility index (Phi) is 4.58. The zero-order valence-electron chi connectivity index (χ0n) is 11.8. The summed E-state index contributed by atoms with van der Waals surface area (Å²) in [4.78, 5) is 13.0. The highest BCUT2D eigenvalue weighted by molar-refractivity contribution is 5.70. The molecule has 0 atom stereocenters. The maximum Gasteiger partial charge on any atom is 0.307 e. The van der Waals surface area contributed by atoms with Crippen LogP contribution in [0.15, 0.2) is 41.0 Å². The van der Waals surface area contributed by atoms with Crippen molar-refractivity contribution in [1.29, 1.82) is 0 Å². The van der Waals surface area contributed by atoms with Crippen LogP contribution in [0.3, 0.4) is 0 Å². The molecule has 0 saturated heterocycles. The van der Waals surface area contributed by atoms with E-state index in [4.69, 9.17) is 9.52 Å². The maximum atomic E-state index is 10.9. The second-order valence-electron chi connectivity index (χ2n) is 5.01. The minimum atomic E-state index is -0.800. The Morgan fingerprint density at radius 1 is 1.15 bits per heavy atom. The highest BCUT2D eigenvalue weighted by Crippen LogP contribution is 2.16. The molecule has 0 saturated carbocycles. The highest BCUT2D eigenvalue weighted by Gasteiger charge is 2.10. The molecular weight excluding hydrogens is 254 g/mol. The van der Waals surface area contributed by atoms with E-state index in [9.17, 15) is 4.79 Å². The molecule has 4 heteroatoms. The van der Waals surface area contributed by atoms with Gasteiger partial charge in [-0.3, -0.25) is 9.69 Å². The first-order valence-electron chi connectivity index (χ1n) is 6.56. The molecule has 2 aromatic rings. The van der Waals surface area contributed by atoms with Crippen LogP contribution in [0.1, 0.15) is 22.5 Å². The predicted molar refractivity (Wildman–Crippen MR) is 76.4 cm³/mol. The second kappa shape index (κ2) is 6.39. The van der Waals surface area contributed by atoms with Gasteiger partial charge in [-0.25, -0.2) is 0 Å². The summed E-state index contributed by atoms with van der Waals surface area (Å²) in [7, 11) is 2.02. The van der Waals surface area contributed by atoms with Crippen molar-refractivity contribution in [2.75, 3.05) is 7.05 Å². The zero-order chi connectivity index (χ0) is 14.5. The standard InChI is InChI=1S/C16H19NO3/c1-12-14(7-8-20-12)10-17(2)11-15-6-4-3-5-13(15)9-16(18)19/h3-8H,9-11H2,1-2H3,(H,18,19). The van der Waals surface area contributed by atoms with E-state index in [1.807, 2.05) is 44.3 Å². The molecule has 0 unspecified atom stereocenters. The number of hydrogen-bond donors (Lipinski definition) is 1. The van der Waals surface area contributed by atoms with E-state index in [0.717, 1.165) is 29.0 Å². The summed E-state index contributed by atoms with van der Waals surface area (Å²) in [6, 6.07) is 9.64. The van der Waals surface area contributed by atoms with Crippen molar-refractivity contribution >= 4 is 5.97 Å². The Morgan fingerprint density at radius 2 is 1.80 bits per heavy atom. The quantitative estimate of drug-likeness (QED) is 0.879. The van der Waals surface area contributed by atoms with E-state index >= 15 is 0 Å². The van der Waals surface area contributed by atoms with Gasteiger partial charge in [0.2, 0.25) is 0 Å². The van der Waals surface area contributed by atoms with Crippen LogP contribution < -0.4 is 0 Å². The van der Waals surface area contributed by atoms with Crippen molar-refractivity contribution in [3.8, 4) is 0 Å². The Balaban J connectivity index is 2.06. The normalized spacial score (nSPS) is 10.9. The lowest BCUT2D eigenvalue weighted by Gasteiger charge is -2.18. The van der Waals surface area contributed by atoms with Crippen LogP contribution in [0.5, 0.6) is 0 Å². The predicted octanol–water partition coefficient (Wildman–Crippen LogP) is 2.85. The van der Waals surface area contributed by atoms with Gasteiger partial charge in [-0.05, 0) is 31.2 Å². The molecule has 0 radical (unpaired) electrons. The molecule has 0 aliphatic rings. The van der Waals surface area contributed by atoms with Gasteiger partial charge >= 0.3 is 5.97 Å². The van der Waals surface area contributed by atoms with Gasteiger partial charge in [-0.1, -0.05) is 24.3 Å². The van der Waals surface area contributed by atoms with Gasteiger partial charge < -0.3 is 9.52 Å². The Morgan fingerprint density at radius 3 is 2.40 bits per heavy atom. The smallest absolute Gasteiger partial charge is 0.307 e. The third-order valence-corrected chi connectivity index (χ3v) is 3.31. The average Bonchev–Trinajstić information content (AvgIpc) is 2.77. The van der Waals surface area contributed by atoms with Gasteiger partial charge in [0.15, 0.2) is 0 Å². The summed E-state index contributed by atoms with van der Waals surface area (Å²) in [5, 5.41) is 8.94. The molecule has 1 aromatic heterocycles. The van der Waals surface area contributed by atoms with Crippen molar-refractivity contribution in [2.45, 2.75) is 26.4 Å². The first-order chi connectivity index (χ1) is 9.56. The van der Waals surface area contributed by atoms with Gasteiger partial charge in [-0.2, -0.15) is 0 Å². The number of nitrogens with zero attached hydrogens (tertiary/aromatic N) is 1. The fraction of sp³-hybridized carbons (Fsp3) is 0.312. The Hall–Kier alpha value is -2.07. The van der Waals surface area contributed by atoms with E-state index in [0.29, 0.717) is 6.54 Å². The monoisotopic (exact) mass is 273 g/mol. The lowest BCUT2D eigenvalue weighted by atomic mass is 10.0. The molecule has 0 bridgehead atoms. The number of aryl methyl sites for hydroxylation is 1. The minimum Gasteiger partial charge on any atom is -0.481 e. The Bertz CT molecular complexity index is 589. The number of aliphatic carboxylic acids is 1. The molecular formula is C16H19NO3. The summed E-state index contributed by atoms with van der Waals surface area (Å²) in [5.41, 5.74) is 3.08. The molecule has 1 aromatic carbocycles. The van der Waals surface area contributed by atoms with Crippen molar-refractivity contribution in [2.24, 2.45) is 0 Å². The molecule has 0 spiro atoms. The molecule has 106 valence electrons. The summed E-state index contributed by atoms with van der Waals surface area (Å²) in [5.74, 6) is 0.126. The number of hydrogen-bond acceptors (Lipinski definition) is 3. The third kappa shape index (κ3) is 3.71. The summed E-state index contributed by atoms with van der Waals surface area (Å²) in [6.45, 7) is 3.44. The van der Waals surface area contributed by atoms with Crippen molar-refractivity contribution < 1.29 is 14.3 Å². The molecule has 0 fully saturated rings. The number of carbonyl (C=O) groups is 1. The van der Waals surface area contributed by atoms with Gasteiger partial charge in [0.25, 0.3) is 0 Å². The second-order valence-corrected chi connectivity index (χ2v) is 5.01. The van der Waals surface area contributed by atoms with Crippen LogP contribution in [-0.2, 0) is 24.3 Å². The molecule has 1 heterocycles. The molecule has 4 nitrogen and oxygen atoms in total. The third-order valence-electron chi connectivity index (χ3n) is 3.31. The SMILES string of the molecule is Cc1occc1CN(C)Cc1ccccc1CC(=O)O. The molecule has 0 aliphatic heterocycles. The van der Waals surface area contributed by atoms with E-state index in [-0.39, 0.29) is 6.42 Å². The van der Waals surface area contributed by atoms with E-state index in [1.165, 1.54) is 0 Å². The number of carboxylic acid groups (broad SMARTS) is 1. The minimum absolute atomic E-state index is 0.0642. The fourth-order valence-corrected chi connectivity index (χ4v) is 2.26. The van der Waals surface area contributed by atoms with E-state index in [1.54, 1.807) is 6.26 Å². The first-order valence-corrected chi connectivity index (χ1v) is 6.56. The summed E-state index contributed by atoms with van der Waals surface area (Å²) >= 11 is 0. The lowest BCUT2D eigenvalue weighted by Crippen LogP contribution is -2.19. The van der Waals surface area contributed by atoms with Gasteiger partial charge in [0, 0.05) is 18.7 Å². The van der Waals surface area contributed by atoms with Crippen LogP contribution >= 0.6 is 0 Å². The number of rotatable bonds is 6. The van der Waals surface area contributed by atoms with Crippen LogP contribution in [-0.4, -0.2) is 23.0 Å². The fourth-order valence-electron chi connectivity index (χ4n) is 2.26. The largest absolute Gasteiger partial charge is 0.481 e. The summed E-state index contributed by atoms with van der Waals surface area (Å²) < 4.78 is 5.29. The Labute approximate surface area is 118 Å². The van der Waals surface area contributed by atoms with Crippen LogP contribution in [0, 0.1) is 6.92 Å². The van der Waals surface area contributed by atoms with Crippen LogP contribution in [0.4, 0.5) is 0 Å². The topological polar surface area (TPSA) is 53.7 Å². The zero-order valence-corrected chi connectivity index (χ0v) is 11.8. The first kappa shape index (κ1) is 14.3. The van der Waals surface area contributed by atoms with Crippen LogP contribution in [0.25, 0.3) is 0 Å². The lowest BCUT2D eigenvalue weighted by molar-refractivity contribution is -0.136. The van der Waals surface area contributed by atoms with Crippen molar-refractivity contribution in [3.05, 3.63) is 59.0 Å². The van der Waals surface area contributed by atoms with E-state index < -0.39 is 5.97 Å². The average molecular weight is 273 g/mol. The van der Waals surface area contributed by atoms with Crippen molar-refractivity contribution in [3.63, 3.8) is 0 Å². The number of benzene rings is 1. The molecule has 20 heavy (non-hydrogen) atoms. The number of furan rings is 1. The molecule has 1 N–H and O–H groups in total. The summed E-state index contributed by atoms with van der Waals surface area (Å²) in [6.07, 6.45) is 1.76. The molecule has 0 aliphatic carbocycles. The van der Waals surface area contributed by atoms with Crippen LogP contribution in [0.2, 0.25) is 0 Å². The van der Waals surface area contributed by atoms with Gasteiger partial charge in [-0.15, -0.1) is 0 Å². The highest BCUT2D eigenvalue weighted by atomic mass is 16.4. The molecule has 0 amide bonds.